The number of benzene rings is 3. The average Bonchev–Trinajstić information content (AvgIpc) is 3.28. The third-order valence-electron chi connectivity index (χ3n) is 4.72. The first-order valence-electron chi connectivity index (χ1n) is 9.69. The number of nitrogens with zero attached hydrogens (tertiary/aromatic N) is 1. The molecule has 30 heavy (non-hydrogen) atoms. The highest BCUT2D eigenvalue weighted by molar-refractivity contribution is 6.05. The second-order valence-electron chi connectivity index (χ2n) is 6.78. The Morgan fingerprint density at radius 3 is 2.30 bits per heavy atom. The van der Waals surface area contributed by atoms with Crippen LogP contribution in [0, 0.1) is 0 Å². The quantitative estimate of drug-likeness (QED) is 0.391. The van der Waals surface area contributed by atoms with Gasteiger partial charge in [0.2, 0.25) is 0 Å². The van der Waals surface area contributed by atoms with E-state index in [4.69, 9.17) is 14.5 Å². The van der Waals surface area contributed by atoms with E-state index < -0.39 is 0 Å². The average molecular weight is 395 g/mol. The second kappa shape index (κ2) is 9.05. The van der Waals surface area contributed by atoms with Crippen LogP contribution in [-0.4, -0.2) is 18.8 Å². The summed E-state index contributed by atoms with van der Waals surface area (Å²) in [5, 5.41) is 0. The number of carbonyl (C=O) groups excluding carboxylic acids is 1. The van der Waals surface area contributed by atoms with Gasteiger partial charge in [-0.1, -0.05) is 54.6 Å². The fourth-order valence-corrected chi connectivity index (χ4v) is 3.07. The molecular formula is C26H21NO3. The SMILES string of the molecule is COc1ccc(/C=C/C2=NC(c3ccc(C(=O)Oc4ccccc4)cc3)=CC2)cc1. The zero-order valence-electron chi connectivity index (χ0n) is 16.6. The molecule has 0 aromatic heterocycles. The summed E-state index contributed by atoms with van der Waals surface area (Å²) in [5.41, 5.74) is 4.47. The summed E-state index contributed by atoms with van der Waals surface area (Å²) in [5.74, 6) is 0.994. The van der Waals surface area contributed by atoms with Crippen molar-refractivity contribution in [2.24, 2.45) is 4.99 Å². The Hall–Kier alpha value is -3.92. The van der Waals surface area contributed by atoms with E-state index >= 15 is 0 Å². The van der Waals surface area contributed by atoms with E-state index in [0.29, 0.717) is 11.3 Å². The predicted molar refractivity (Wildman–Crippen MR) is 120 cm³/mol. The van der Waals surface area contributed by atoms with Gasteiger partial charge in [-0.05, 0) is 53.6 Å². The molecule has 1 heterocycles. The van der Waals surface area contributed by atoms with Crippen LogP contribution in [0.2, 0.25) is 0 Å². The first kappa shape index (κ1) is 19.4. The van der Waals surface area contributed by atoms with Gasteiger partial charge in [0.25, 0.3) is 0 Å². The number of carbonyl (C=O) groups is 1. The van der Waals surface area contributed by atoms with Gasteiger partial charge in [-0.15, -0.1) is 0 Å². The van der Waals surface area contributed by atoms with Gasteiger partial charge in [0, 0.05) is 12.1 Å². The normalized spacial score (nSPS) is 13.1. The van der Waals surface area contributed by atoms with E-state index in [1.807, 2.05) is 66.7 Å². The molecule has 0 fully saturated rings. The van der Waals surface area contributed by atoms with E-state index in [0.717, 1.165) is 34.7 Å². The Bertz CT molecular complexity index is 1110. The Balaban J connectivity index is 1.40. The Kier molecular flexibility index (Phi) is 5.85. The van der Waals surface area contributed by atoms with Crippen molar-refractivity contribution in [1.29, 1.82) is 0 Å². The van der Waals surface area contributed by atoms with Crippen molar-refractivity contribution in [3.05, 3.63) is 108 Å². The summed E-state index contributed by atoms with van der Waals surface area (Å²) in [6.07, 6.45) is 6.93. The van der Waals surface area contributed by atoms with Crippen molar-refractivity contribution < 1.29 is 14.3 Å². The van der Waals surface area contributed by atoms with Gasteiger partial charge < -0.3 is 9.47 Å². The van der Waals surface area contributed by atoms with E-state index in [1.54, 1.807) is 31.4 Å². The van der Waals surface area contributed by atoms with Crippen molar-refractivity contribution >= 4 is 23.5 Å². The monoisotopic (exact) mass is 395 g/mol. The van der Waals surface area contributed by atoms with Gasteiger partial charge >= 0.3 is 5.97 Å². The fraction of sp³-hybridized carbons (Fsp3) is 0.0769. The lowest BCUT2D eigenvalue weighted by Crippen LogP contribution is -2.08. The van der Waals surface area contributed by atoms with Crippen LogP contribution in [0.5, 0.6) is 11.5 Å². The van der Waals surface area contributed by atoms with E-state index in [-0.39, 0.29) is 5.97 Å². The molecule has 0 saturated heterocycles. The number of allylic oxidation sites excluding steroid dienone is 2. The van der Waals surface area contributed by atoms with Gasteiger partial charge in [0.15, 0.2) is 0 Å². The first-order valence-corrected chi connectivity index (χ1v) is 9.69. The van der Waals surface area contributed by atoms with Crippen molar-refractivity contribution in [3.8, 4) is 11.5 Å². The summed E-state index contributed by atoms with van der Waals surface area (Å²) >= 11 is 0. The van der Waals surface area contributed by atoms with Crippen LogP contribution in [0.25, 0.3) is 11.8 Å². The van der Waals surface area contributed by atoms with Crippen molar-refractivity contribution in [2.75, 3.05) is 7.11 Å². The van der Waals surface area contributed by atoms with Crippen LogP contribution in [-0.2, 0) is 0 Å². The smallest absolute Gasteiger partial charge is 0.343 e. The minimum atomic E-state index is -0.375. The van der Waals surface area contributed by atoms with Crippen LogP contribution in [0.4, 0.5) is 0 Å². The third kappa shape index (κ3) is 4.73. The second-order valence-corrected chi connectivity index (χ2v) is 6.78. The van der Waals surface area contributed by atoms with E-state index in [9.17, 15) is 4.79 Å². The van der Waals surface area contributed by atoms with E-state index in [2.05, 4.69) is 6.08 Å². The Morgan fingerprint density at radius 2 is 1.60 bits per heavy atom. The fourth-order valence-electron chi connectivity index (χ4n) is 3.07. The van der Waals surface area contributed by atoms with Crippen molar-refractivity contribution in [1.82, 2.24) is 0 Å². The Morgan fingerprint density at radius 1 is 0.867 bits per heavy atom. The lowest BCUT2D eigenvalue weighted by Gasteiger charge is -2.05. The lowest BCUT2D eigenvalue weighted by molar-refractivity contribution is 0.0735. The first-order chi connectivity index (χ1) is 14.7. The number of hydrogen-bond donors (Lipinski definition) is 0. The zero-order chi connectivity index (χ0) is 20.8. The number of rotatable bonds is 6. The topological polar surface area (TPSA) is 47.9 Å². The molecule has 0 amide bonds. The third-order valence-corrected chi connectivity index (χ3v) is 4.72. The largest absolute Gasteiger partial charge is 0.497 e. The summed E-state index contributed by atoms with van der Waals surface area (Å²) in [4.78, 5) is 17.0. The van der Waals surface area contributed by atoms with Gasteiger partial charge in [-0.2, -0.15) is 0 Å². The molecule has 3 aromatic carbocycles. The van der Waals surface area contributed by atoms with Crippen LogP contribution in [0.1, 0.15) is 27.9 Å². The number of hydrogen-bond acceptors (Lipinski definition) is 4. The van der Waals surface area contributed by atoms with Gasteiger partial charge in [-0.25, -0.2) is 4.79 Å². The van der Waals surface area contributed by atoms with Crippen molar-refractivity contribution in [3.63, 3.8) is 0 Å². The van der Waals surface area contributed by atoms with E-state index in [1.165, 1.54) is 0 Å². The molecule has 1 aliphatic rings. The van der Waals surface area contributed by atoms with Crippen LogP contribution in [0.15, 0.2) is 96.0 Å². The number of para-hydroxylation sites is 1. The van der Waals surface area contributed by atoms with Gasteiger partial charge in [0.05, 0.1) is 18.4 Å². The highest BCUT2D eigenvalue weighted by atomic mass is 16.5. The highest BCUT2D eigenvalue weighted by Crippen LogP contribution is 2.24. The Labute approximate surface area is 175 Å². The standard InChI is InChI=1S/C26H21NO3/c1-29-23-16-8-19(9-17-23)7-14-22-15-18-25(27-22)20-10-12-21(13-11-20)26(28)30-24-5-3-2-4-6-24/h2-14,16-18H,15H2,1H3/b14-7+. The number of ether oxygens (including phenoxy) is 2. The summed E-state index contributed by atoms with van der Waals surface area (Å²) in [6.45, 7) is 0. The molecule has 0 unspecified atom stereocenters. The maximum Gasteiger partial charge on any atom is 0.343 e. The van der Waals surface area contributed by atoms with Crippen LogP contribution < -0.4 is 9.47 Å². The molecule has 0 atom stereocenters. The van der Waals surface area contributed by atoms with Crippen LogP contribution >= 0.6 is 0 Å². The molecule has 0 spiro atoms. The molecular weight excluding hydrogens is 374 g/mol. The maximum absolute atomic E-state index is 12.3. The minimum absolute atomic E-state index is 0.375. The number of esters is 1. The number of methoxy groups -OCH3 is 1. The summed E-state index contributed by atoms with van der Waals surface area (Å²) < 4.78 is 10.6. The zero-order valence-corrected chi connectivity index (χ0v) is 16.6. The molecule has 1 aliphatic heterocycles. The molecule has 0 N–H and O–H groups in total. The molecule has 0 saturated carbocycles. The molecule has 148 valence electrons. The molecule has 4 heteroatoms. The maximum atomic E-state index is 12.3. The molecule has 0 bridgehead atoms. The molecule has 4 nitrogen and oxygen atoms in total. The number of aliphatic imine (C=N–C) groups is 1. The van der Waals surface area contributed by atoms with Crippen LogP contribution in [0.3, 0.4) is 0 Å². The van der Waals surface area contributed by atoms with Gasteiger partial charge in [0.1, 0.15) is 11.5 Å². The summed E-state index contributed by atoms with van der Waals surface area (Å²) in [6, 6.07) is 24.3. The summed E-state index contributed by atoms with van der Waals surface area (Å²) in [7, 11) is 1.66. The highest BCUT2D eigenvalue weighted by Gasteiger charge is 2.12. The minimum Gasteiger partial charge on any atom is -0.497 e. The lowest BCUT2D eigenvalue weighted by atomic mass is 10.1. The predicted octanol–water partition coefficient (Wildman–Crippen LogP) is 5.81. The molecule has 3 aromatic rings. The molecule has 0 aliphatic carbocycles. The molecule has 0 radical (unpaired) electrons. The van der Waals surface area contributed by atoms with Crippen molar-refractivity contribution in [2.45, 2.75) is 6.42 Å². The van der Waals surface area contributed by atoms with Gasteiger partial charge in [-0.3, -0.25) is 4.99 Å². The molecule has 4 rings (SSSR count).